The normalized spacial score (nSPS) is 12.4. The number of nitrogens with one attached hydrogen (secondary N) is 1. The highest BCUT2D eigenvalue weighted by molar-refractivity contribution is 5.19. The minimum atomic E-state index is -0.183. The van der Waals surface area contributed by atoms with Crippen LogP contribution in [0.25, 0.3) is 0 Å². The first-order chi connectivity index (χ1) is 7.24. The zero-order valence-electron chi connectivity index (χ0n) is 9.17. The quantitative estimate of drug-likeness (QED) is 0.556. The predicted molar refractivity (Wildman–Crippen MR) is 62.2 cm³/mol. The molecule has 0 spiro atoms. The van der Waals surface area contributed by atoms with E-state index in [2.05, 4.69) is 18.8 Å². The van der Waals surface area contributed by atoms with Crippen LogP contribution in [0.3, 0.4) is 0 Å². The van der Waals surface area contributed by atoms with Gasteiger partial charge in [-0.15, -0.1) is 6.58 Å². The van der Waals surface area contributed by atoms with Crippen LogP contribution in [0.1, 0.15) is 31.4 Å². The van der Waals surface area contributed by atoms with Crippen LogP contribution < -0.4 is 5.32 Å². The van der Waals surface area contributed by atoms with Gasteiger partial charge in [-0.05, 0) is 44.0 Å². The van der Waals surface area contributed by atoms with Crippen molar-refractivity contribution in [2.24, 2.45) is 0 Å². The zero-order chi connectivity index (χ0) is 11.1. The second kappa shape index (κ2) is 6.36. The minimum Gasteiger partial charge on any atom is -0.310 e. The molecule has 0 aliphatic rings. The first-order valence-corrected chi connectivity index (χ1v) is 5.34. The average Bonchev–Trinajstić information content (AvgIpc) is 2.25. The molecular weight excluding hydrogens is 189 g/mol. The van der Waals surface area contributed by atoms with Gasteiger partial charge in [0, 0.05) is 6.04 Å². The number of benzene rings is 1. The Bertz CT molecular complexity index is 292. The van der Waals surface area contributed by atoms with E-state index in [0.29, 0.717) is 0 Å². The van der Waals surface area contributed by atoms with Gasteiger partial charge in [-0.25, -0.2) is 4.39 Å². The van der Waals surface area contributed by atoms with Crippen molar-refractivity contribution < 1.29 is 4.39 Å². The molecule has 1 aromatic carbocycles. The molecule has 1 aromatic rings. The van der Waals surface area contributed by atoms with Gasteiger partial charge in [-0.3, -0.25) is 0 Å². The summed E-state index contributed by atoms with van der Waals surface area (Å²) in [5.74, 6) is -0.183. The smallest absolute Gasteiger partial charge is 0.123 e. The van der Waals surface area contributed by atoms with Crippen LogP contribution in [0.15, 0.2) is 36.9 Å². The van der Waals surface area contributed by atoms with Crippen molar-refractivity contribution in [3.63, 3.8) is 0 Å². The summed E-state index contributed by atoms with van der Waals surface area (Å²) in [6.07, 6.45) is 4.04. The topological polar surface area (TPSA) is 12.0 Å². The number of rotatable bonds is 6. The Hall–Kier alpha value is -1.15. The fourth-order valence-electron chi connectivity index (χ4n) is 1.43. The van der Waals surface area contributed by atoms with E-state index < -0.39 is 0 Å². The van der Waals surface area contributed by atoms with E-state index in [4.69, 9.17) is 0 Å². The molecule has 0 radical (unpaired) electrons. The fraction of sp³-hybridized carbons (Fsp3) is 0.385. The van der Waals surface area contributed by atoms with Crippen molar-refractivity contribution in [2.75, 3.05) is 6.54 Å². The lowest BCUT2D eigenvalue weighted by Crippen LogP contribution is -2.19. The third kappa shape index (κ3) is 4.26. The van der Waals surface area contributed by atoms with E-state index in [9.17, 15) is 4.39 Å². The molecule has 1 nitrogen and oxygen atoms in total. The Morgan fingerprint density at radius 1 is 1.40 bits per heavy atom. The Labute approximate surface area is 91.0 Å². The van der Waals surface area contributed by atoms with Gasteiger partial charge in [0.05, 0.1) is 0 Å². The van der Waals surface area contributed by atoms with Crippen LogP contribution in [-0.2, 0) is 0 Å². The first kappa shape index (κ1) is 11.9. The highest BCUT2D eigenvalue weighted by atomic mass is 19.1. The van der Waals surface area contributed by atoms with Gasteiger partial charge in [0.25, 0.3) is 0 Å². The van der Waals surface area contributed by atoms with Crippen LogP contribution in [0, 0.1) is 5.82 Å². The standard InChI is InChI=1S/C13H18FN/c1-3-4-5-10-15-11(2)12-6-8-13(14)9-7-12/h3,6-9,11,15H,1,4-5,10H2,2H3/t11-/m1/s1. The molecule has 0 saturated heterocycles. The molecule has 0 aromatic heterocycles. The summed E-state index contributed by atoms with van der Waals surface area (Å²) in [5.41, 5.74) is 1.12. The van der Waals surface area contributed by atoms with Crippen molar-refractivity contribution in [1.82, 2.24) is 5.32 Å². The van der Waals surface area contributed by atoms with E-state index in [1.54, 1.807) is 0 Å². The highest BCUT2D eigenvalue weighted by Gasteiger charge is 2.03. The lowest BCUT2D eigenvalue weighted by atomic mass is 10.1. The summed E-state index contributed by atoms with van der Waals surface area (Å²) >= 11 is 0. The van der Waals surface area contributed by atoms with E-state index in [1.807, 2.05) is 18.2 Å². The van der Waals surface area contributed by atoms with Gasteiger partial charge in [-0.1, -0.05) is 18.2 Å². The lowest BCUT2D eigenvalue weighted by molar-refractivity contribution is 0.558. The van der Waals surface area contributed by atoms with Crippen molar-refractivity contribution >= 4 is 0 Å². The van der Waals surface area contributed by atoms with Crippen molar-refractivity contribution in [3.05, 3.63) is 48.3 Å². The predicted octanol–water partition coefficient (Wildman–Crippen LogP) is 3.44. The van der Waals surface area contributed by atoms with Crippen molar-refractivity contribution in [1.29, 1.82) is 0 Å². The van der Waals surface area contributed by atoms with E-state index in [1.165, 1.54) is 12.1 Å². The van der Waals surface area contributed by atoms with Gasteiger partial charge in [0.15, 0.2) is 0 Å². The molecule has 82 valence electrons. The largest absolute Gasteiger partial charge is 0.310 e. The maximum atomic E-state index is 12.7. The number of hydrogen-bond donors (Lipinski definition) is 1. The summed E-state index contributed by atoms with van der Waals surface area (Å²) in [7, 11) is 0. The number of unbranched alkanes of at least 4 members (excludes halogenated alkanes) is 1. The summed E-state index contributed by atoms with van der Waals surface area (Å²) in [5, 5.41) is 3.38. The molecule has 0 saturated carbocycles. The number of allylic oxidation sites excluding steroid dienone is 1. The van der Waals surface area contributed by atoms with Gasteiger partial charge < -0.3 is 5.32 Å². The molecular formula is C13H18FN. The van der Waals surface area contributed by atoms with Gasteiger partial charge in [-0.2, -0.15) is 0 Å². The third-order valence-corrected chi connectivity index (χ3v) is 2.41. The molecule has 0 aliphatic heterocycles. The molecule has 15 heavy (non-hydrogen) atoms. The second-order valence-electron chi connectivity index (χ2n) is 3.66. The second-order valence-corrected chi connectivity index (χ2v) is 3.66. The molecule has 1 atom stereocenters. The summed E-state index contributed by atoms with van der Waals surface area (Å²) in [6, 6.07) is 6.91. The van der Waals surface area contributed by atoms with Gasteiger partial charge in [0.2, 0.25) is 0 Å². The zero-order valence-corrected chi connectivity index (χ0v) is 9.17. The highest BCUT2D eigenvalue weighted by Crippen LogP contribution is 2.12. The Balaban J connectivity index is 2.36. The minimum absolute atomic E-state index is 0.183. The van der Waals surface area contributed by atoms with Gasteiger partial charge >= 0.3 is 0 Å². The molecule has 0 aliphatic carbocycles. The van der Waals surface area contributed by atoms with Gasteiger partial charge in [0.1, 0.15) is 5.82 Å². The Kier molecular flexibility index (Phi) is 5.05. The fourth-order valence-corrected chi connectivity index (χ4v) is 1.43. The summed E-state index contributed by atoms with van der Waals surface area (Å²) < 4.78 is 12.7. The van der Waals surface area contributed by atoms with Crippen molar-refractivity contribution in [3.8, 4) is 0 Å². The molecule has 2 heteroatoms. The van der Waals surface area contributed by atoms with Crippen LogP contribution in [0.5, 0.6) is 0 Å². The van der Waals surface area contributed by atoms with Crippen molar-refractivity contribution in [2.45, 2.75) is 25.8 Å². The number of hydrogen-bond acceptors (Lipinski definition) is 1. The van der Waals surface area contributed by atoms with E-state index in [-0.39, 0.29) is 11.9 Å². The van der Waals surface area contributed by atoms with Crippen LogP contribution in [0.4, 0.5) is 4.39 Å². The lowest BCUT2D eigenvalue weighted by Gasteiger charge is -2.13. The molecule has 1 N–H and O–H groups in total. The maximum Gasteiger partial charge on any atom is 0.123 e. The molecule has 0 fully saturated rings. The Morgan fingerprint density at radius 2 is 2.07 bits per heavy atom. The molecule has 0 unspecified atom stereocenters. The summed E-state index contributed by atoms with van der Waals surface area (Å²) in [4.78, 5) is 0. The molecule has 0 amide bonds. The molecule has 0 heterocycles. The van der Waals surface area contributed by atoms with E-state index >= 15 is 0 Å². The number of halogens is 1. The molecule has 0 bridgehead atoms. The Morgan fingerprint density at radius 3 is 2.67 bits per heavy atom. The summed E-state index contributed by atoms with van der Waals surface area (Å²) in [6.45, 7) is 6.72. The van der Waals surface area contributed by atoms with Crippen LogP contribution >= 0.6 is 0 Å². The monoisotopic (exact) mass is 207 g/mol. The third-order valence-electron chi connectivity index (χ3n) is 2.41. The van der Waals surface area contributed by atoms with Crippen LogP contribution in [-0.4, -0.2) is 6.54 Å². The average molecular weight is 207 g/mol. The van der Waals surface area contributed by atoms with E-state index in [0.717, 1.165) is 24.9 Å². The van der Waals surface area contributed by atoms with Crippen LogP contribution in [0.2, 0.25) is 0 Å². The maximum absolute atomic E-state index is 12.7. The molecule has 1 rings (SSSR count). The SMILES string of the molecule is C=CCCCN[C@H](C)c1ccc(F)cc1. The first-order valence-electron chi connectivity index (χ1n) is 5.34.